The lowest BCUT2D eigenvalue weighted by molar-refractivity contribution is -0.142. The maximum Gasteiger partial charge on any atom is 0.407 e. The van der Waals surface area contributed by atoms with E-state index in [1.54, 1.807) is 4.90 Å². The Bertz CT molecular complexity index is 1040. The second kappa shape index (κ2) is 10.9. The smallest absolute Gasteiger partial charge is 0.407 e. The number of benzene rings is 2. The molecule has 35 heavy (non-hydrogen) atoms. The van der Waals surface area contributed by atoms with Gasteiger partial charge in [0, 0.05) is 32.0 Å². The number of nitrogens with zero attached hydrogens (tertiary/aromatic N) is 1. The number of fused-ring (bicyclic) bond motifs is 3. The van der Waals surface area contributed by atoms with E-state index in [0.717, 1.165) is 6.42 Å². The molecule has 4 rings (SSSR count). The van der Waals surface area contributed by atoms with E-state index in [1.165, 1.54) is 22.3 Å². The van der Waals surface area contributed by atoms with E-state index in [2.05, 4.69) is 36.5 Å². The lowest BCUT2D eigenvalue weighted by Gasteiger charge is -2.18. The summed E-state index contributed by atoms with van der Waals surface area (Å²) in [4.78, 5) is 37.7. The fourth-order valence-corrected chi connectivity index (χ4v) is 5.23. The van der Waals surface area contributed by atoms with Crippen LogP contribution in [-0.2, 0) is 14.3 Å². The van der Waals surface area contributed by atoms with Gasteiger partial charge >= 0.3 is 12.1 Å². The highest BCUT2D eigenvalue weighted by Crippen LogP contribution is 2.44. The maximum absolute atomic E-state index is 12.5. The van der Waals surface area contributed by atoms with Gasteiger partial charge in [0.1, 0.15) is 6.61 Å². The van der Waals surface area contributed by atoms with Crippen LogP contribution in [-0.4, -0.2) is 54.2 Å². The zero-order valence-electron chi connectivity index (χ0n) is 20.4. The molecule has 7 heteroatoms. The van der Waals surface area contributed by atoms with Crippen LogP contribution in [0.1, 0.15) is 50.2 Å². The van der Waals surface area contributed by atoms with Gasteiger partial charge in [-0.15, -0.1) is 0 Å². The molecule has 2 aromatic carbocycles. The van der Waals surface area contributed by atoms with Gasteiger partial charge in [0.05, 0.1) is 5.92 Å². The first-order valence-corrected chi connectivity index (χ1v) is 12.4. The average molecular weight is 479 g/mol. The third-order valence-corrected chi connectivity index (χ3v) is 7.38. The van der Waals surface area contributed by atoms with Crippen molar-refractivity contribution >= 4 is 18.0 Å². The fourth-order valence-electron chi connectivity index (χ4n) is 5.23. The molecule has 0 radical (unpaired) electrons. The predicted molar refractivity (Wildman–Crippen MR) is 133 cm³/mol. The molecule has 1 aliphatic carbocycles. The molecule has 7 nitrogen and oxygen atoms in total. The van der Waals surface area contributed by atoms with Crippen molar-refractivity contribution in [3.8, 4) is 11.1 Å². The Hall–Kier alpha value is -3.35. The van der Waals surface area contributed by atoms with Crippen LogP contribution in [0, 0.1) is 17.8 Å². The van der Waals surface area contributed by atoms with E-state index in [4.69, 9.17) is 4.74 Å². The minimum atomic E-state index is -0.833. The summed E-state index contributed by atoms with van der Waals surface area (Å²) in [6.07, 6.45) is 1.41. The summed E-state index contributed by atoms with van der Waals surface area (Å²) < 4.78 is 5.57. The summed E-state index contributed by atoms with van der Waals surface area (Å²) in [5, 5.41) is 12.1. The standard InChI is InChI=1S/C28H34N2O5/c1-18(11-12-26(31)30-15-19(2)24(16-30)27(32)33)13-14-29-28(34)35-17-25-22-9-5-3-7-20(22)21-8-4-6-10-23(21)25/h3-10,18-19,24-25H,11-17H2,1-2H3,(H,29,34)(H,32,33)/t18?,19-,24-/m0/s1. The number of rotatable bonds is 9. The minimum absolute atomic E-state index is 0.0111. The number of aliphatic carboxylic acids is 1. The Morgan fingerprint density at radius 1 is 1.03 bits per heavy atom. The van der Waals surface area contributed by atoms with E-state index in [1.807, 2.05) is 31.2 Å². The van der Waals surface area contributed by atoms with Crippen molar-refractivity contribution in [2.75, 3.05) is 26.2 Å². The first kappa shape index (κ1) is 24.8. The van der Waals surface area contributed by atoms with Gasteiger partial charge < -0.3 is 20.1 Å². The number of amides is 2. The van der Waals surface area contributed by atoms with Gasteiger partial charge in [-0.05, 0) is 46.9 Å². The van der Waals surface area contributed by atoms with Crippen molar-refractivity contribution in [2.24, 2.45) is 17.8 Å². The number of carboxylic acids is 1. The van der Waals surface area contributed by atoms with Crippen molar-refractivity contribution in [2.45, 2.75) is 39.0 Å². The van der Waals surface area contributed by atoms with Crippen molar-refractivity contribution in [1.29, 1.82) is 0 Å². The van der Waals surface area contributed by atoms with Crippen LogP contribution < -0.4 is 5.32 Å². The Kier molecular flexibility index (Phi) is 7.73. The summed E-state index contributed by atoms with van der Waals surface area (Å²) in [5.74, 6) is -1.03. The zero-order chi connectivity index (χ0) is 24.9. The van der Waals surface area contributed by atoms with E-state index in [-0.39, 0.29) is 30.3 Å². The van der Waals surface area contributed by atoms with Crippen LogP contribution in [0.5, 0.6) is 0 Å². The molecule has 1 fully saturated rings. The Balaban J connectivity index is 1.17. The lowest BCUT2D eigenvalue weighted by atomic mass is 9.98. The third kappa shape index (κ3) is 5.66. The molecule has 2 aromatic rings. The van der Waals surface area contributed by atoms with Gasteiger partial charge in [-0.1, -0.05) is 62.4 Å². The van der Waals surface area contributed by atoms with Crippen LogP contribution in [0.25, 0.3) is 11.1 Å². The lowest BCUT2D eigenvalue weighted by Crippen LogP contribution is -2.30. The molecule has 0 spiro atoms. The molecule has 0 saturated carbocycles. The van der Waals surface area contributed by atoms with Crippen molar-refractivity contribution in [1.82, 2.24) is 10.2 Å². The highest BCUT2D eigenvalue weighted by molar-refractivity contribution is 5.80. The molecule has 0 aromatic heterocycles. The summed E-state index contributed by atoms with van der Waals surface area (Å²) in [7, 11) is 0. The summed E-state index contributed by atoms with van der Waals surface area (Å²) in [6, 6.07) is 16.5. The third-order valence-electron chi connectivity index (χ3n) is 7.38. The predicted octanol–water partition coefficient (Wildman–Crippen LogP) is 4.51. The van der Waals surface area contributed by atoms with Crippen LogP contribution in [0.2, 0.25) is 0 Å². The monoisotopic (exact) mass is 478 g/mol. The Morgan fingerprint density at radius 2 is 1.66 bits per heavy atom. The number of carbonyl (C=O) groups excluding carboxylic acids is 2. The summed E-state index contributed by atoms with van der Waals surface area (Å²) in [5.41, 5.74) is 4.76. The molecule has 2 amide bonds. The molecule has 1 saturated heterocycles. The van der Waals surface area contributed by atoms with Crippen LogP contribution >= 0.6 is 0 Å². The second-order valence-electron chi connectivity index (χ2n) is 9.91. The van der Waals surface area contributed by atoms with E-state index < -0.39 is 18.0 Å². The number of ether oxygens (including phenoxy) is 1. The van der Waals surface area contributed by atoms with Gasteiger partial charge in [-0.25, -0.2) is 4.79 Å². The topological polar surface area (TPSA) is 95.9 Å². The molecule has 3 atom stereocenters. The first-order chi connectivity index (χ1) is 16.8. The van der Waals surface area contributed by atoms with Gasteiger partial charge in [-0.2, -0.15) is 0 Å². The van der Waals surface area contributed by atoms with Gasteiger partial charge in [0.15, 0.2) is 0 Å². The maximum atomic E-state index is 12.5. The van der Waals surface area contributed by atoms with Crippen LogP contribution in [0.15, 0.2) is 48.5 Å². The van der Waals surface area contributed by atoms with E-state index in [0.29, 0.717) is 32.5 Å². The number of carboxylic acid groups (broad SMARTS) is 1. The molecule has 2 N–H and O–H groups in total. The van der Waals surface area contributed by atoms with Gasteiger partial charge in [-0.3, -0.25) is 9.59 Å². The largest absolute Gasteiger partial charge is 0.481 e. The number of carbonyl (C=O) groups is 3. The highest BCUT2D eigenvalue weighted by Gasteiger charge is 2.36. The van der Waals surface area contributed by atoms with E-state index >= 15 is 0 Å². The quantitative estimate of drug-likeness (QED) is 0.553. The molecule has 2 aliphatic rings. The molecular weight excluding hydrogens is 444 g/mol. The molecule has 0 bridgehead atoms. The highest BCUT2D eigenvalue weighted by atomic mass is 16.5. The number of hydrogen-bond acceptors (Lipinski definition) is 4. The van der Waals surface area contributed by atoms with Gasteiger partial charge in [0.25, 0.3) is 0 Å². The van der Waals surface area contributed by atoms with E-state index in [9.17, 15) is 19.5 Å². The minimum Gasteiger partial charge on any atom is -0.481 e. The number of alkyl carbamates (subject to hydrolysis) is 1. The Labute approximate surface area is 206 Å². The second-order valence-corrected chi connectivity index (χ2v) is 9.91. The zero-order valence-corrected chi connectivity index (χ0v) is 20.4. The normalized spacial score (nSPS) is 19.7. The fraction of sp³-hybridized carbons (Fsp3) is 0.464. The SMILES string of the molecule is CC(CCNC(=O)OCC1c2ccccc2-c2ccccc21)CCC(=O)N1C[C@H](C(=O)O)[C@@H](C)C1. The van der Waals surface area contributed by atoms with Gasteiger partial charge in [0.2, 0.25) is 5.91 Å². The molecule has 1 aliphatic heterocycles. The molecular formula is C28H34N2O5. The Morgan fingerprint density at radius 3 is 2.26 bits per heavy atom. The van der Waals surface area contributed by atoms with Crippen LogP contribution in [0.4, 0.5) is 4.79 Å². The summed E-state index contributed by atoms with van der Waals surface area (Å²) >= 11 is 0. The number of likely N-dealkylation sites (tertiary alicyclic amines) is 1. The van der Waals surface area contributed by atoms with Crippen molar-refractivity contribution in [3.05, 3.63) is 59.7 Å². The first-order valence-electron chi connectivity index (χ1n) is 12.4. The average Bonchev–Trinajstić information content (AvgIpc) is 3.39. The van der Waals surface area contributed by atoms with Crippen LogP contribution in [0.3, 0.4) is 0 Å². The van der Waals surface area contributed by atoms with Crippen molar-refractivity contribution in [3.63, 3.8) is 0 Å². The summed E-state index contributed by atoms with van der Waals surface area (Å²) in [6.45, 7) is 5.51. The molecule has 1 heterocycles. The van der Waals surface area contributed by atoms with Crippen molar-refractivity contribution < 1.29 is 24.2 Å². The molecule has 186 valence electrons. The number of nitrogens with one attached hydrogen (secondary N) is 1. The number of hydrogen-bond donors (Lipinski definition) is 2. The molecule has 1 unspecified atom stereocenters.